The van der Waals surface area contributed by atoms with Crippen molar-refractivity contribution in [3.05, 3.63) is 126 Å². The van der Waals surface area contributed by atoms with Crippen LogP contribution in [-0.2, 0) is 9.59 Å². The van der Waals surface area contributed by atoms with Crippen LogP contribution in [0.4, 0.5) is 11.4 Å². The van der Waals surface area contributed by atoms with E-state index in [2.05, 4.69) is 16.0 Å². The Bertz CT molecular complexity index is 1520. The summed E-state index contributed by atoms with van der Waals surface area (Å²) >= 11 is 1.35. The third-order valence-corrected chi connectivity index (χ3v) is 6.72. The van der Waals surface area contributed by atoms with Gasteiger partial charge in [-0.15, -0.1) is 11.8 Å². The number of anilines is 2. The second-order valence-electron chi connectivity index (χ2n) is 8.84. The van der Waals surface area contributed by atoms with Gasteiger partial charge < -0.3 is 20.7 Å². The zero-order valence-corrected chi connectivity index (χ0v) is 23.0. The number of ether oxygens (including phenoxy) is 1. The number of benzene rings is 4. The SMILES string of the molecule is COc1cccc(/C=C(\NC(=O)c2ccccc2)C(=O)Nc2cccc(SCC(=O)Nc3ccc(C)cc3)c2)c1. The lowest BCUT2D eigenvalue weighted by atomic mass is 10.1. The summed E-state index contributed by atoms with van der Waals surface area (Å²) in [6, 6.07) is 30.6. The van der Waals surface area contributed by atoms with E-state index < -0.39 is 11.8 Å². The van der Waals surface area contributed by atoms with Crippen LogP contribution in [-0.4, -0.2) is 30.6 Å². The van der Waals surface area contributed by atoms with Crippen molar-refractivity contribution in [2.24, 2.45) is 0 Å². The molecule has 0 fully saturated rings. The Morgan fingerprint density at radius 2 is 1.55 bits per heavy atom. The molecule has 0 spiro atoms. The molecule has 0 aliphatic rings. The minimum atomic E-state index is -0.494. The molecule has 0 unspecified atom stereocenters. The van der Waals surface area contributed by atoms with Gasteiger partial charge in [0.1, 0.15) is 11.4 Å². The normalized spacial score (nSPS) is 10.9. The molecule has 202 valence electrons. The molecule has 0 saturated carbocycles. The topological polar surface area (TPSA) is 96.5 Å². The van der Waals surface area contributed by atoms with Crippen molar-refractivity contribution in [3.63, 3.8) is 0 Å². The highest BCUT2D eigenvalue weighted by Crippen LogP contribution is 2.23. The highest BCUT2D eigenvalue weighted by Gasteiger charge is 2.16. The highest BCUT2D eigenvalue weighted by molar-refractivity contribution is 8.00. The molecule has 0 aliphatic heterocycles. The number of methoxy groups -OCH3 is 1. The molecule has 0 aliphatic carbocycles. The van der Waals surface area contributed by atoms with Gasteiger partial charge in [0.15, 0.2) is 0 Å². The van der Waals surface area contributed by atoms with Gasteiger partial charge in [0.05, 0.1) is 12.9 Å². The van der Waals surface area contributed by atoms with Crippen LogP contribution in [0, 0.1) is 6.92 Å². The summed E-state index contributed by atoms with van der Waals surface area (Å²) < 4.78 is 5.29. The van der Waals surface area contributed by atoms with Gasteiger partial charge >= 0.3 is 0 Å². The van der Waals surface area contributed by atoms with Crippen molar-refractivity contribution in [2.45, 2.75) is 11.8 Å². The van der Waals surface area contributed by atoms with Crippen molar-refractivity contribution < 1.29 is 19.1 Å². The average molecular weight is 552 g/mol. The maximum Gasteiger partial charge on any atom is 0.272 e. The molecule has 0 atom stereocenters. The summed E-state index contributed by atoms with van der Waals surface area (Å²) in [6.45, 7) is 1.99. The first-order valence-electron chi connectivity index (χ1n) is 12.5. The first-order chi connectivity index (χ1) is 19.4. The van der Waals surface area contributed by atoms with E-state index in [-0.39, 0.29) is 17.4 Å². The average Bonchev–Trinajstić information content (AvgIpc) is 2.97. The molecule has 4 aromatic rings. The van der Waals surface area contributed by atoms with Crippen LogP contribution in [0.2, 0.25) is 0 Å². The molecule has 40 heavy (non-hydrogen) atoms. The lowest BCUT2D eigenvalue weighted by Gasteiger charge is -2.12. The van der Waals surface area contributed by atoms with E-state index in [0.717, 1.165) is 16.1 Å². The summed E-state index contributed by atoms with van der Waals surface area (Å²) in [5.74, 6) is -0.200. The Kier molecular flexibility index (Phi) is 9.74. The lowest BCUT2D eigenvalue weighted by molar-refractivity contribution is -0.114. The number of carbonyl (C=O) groups excluding carboxylic acids is 3. The first kappa shape index (κ1) is 28.2. The molecule has 0 bridgehead atoms. The van der Waals surface area contributed by atoms with E-state index in [9.17, 15) is 14.4 Å². The predicted octanol–water partition coefficient (Wildman–Crippen LogP) is 6.14. The lowest BCUT2D eigenvalue weighted by Crippen LogP contribution is -2.30. The Morgan fingerprint density at radius 1 is 0.800 bits per heavy atom. The standard InChI is InChI=1S/C32H29N3O4S/c1-22-14-16-25(17-15-22)33-30(36)21-40-28-13-7-11-26(20-28)34-32(38)29(19-23-8-6-12-27(18-23)39-2)35-31(37)24-9-4-3-5-10-24/h3-20H,21H2,1-2H3,(H,33,36)(H,34,38)(H,35,37)/b29-19-. The molecule has 0 aromatic heterocycles. The highest BCUT2D eigenvalue weighted by atomic mass is 32.2. The van der Waals surface area contributed by atoms with Crippen molar-refractivity contribution in [2.75, 3.05) is 23.5 Å². The zero-order chi connectivity index (χ0) is 28.3. The maximum atomic E-state index is 13.3. The Labute approximate surface area is 237 Å². The fraction of sp³-hybridized carbons (Fsp3) is 0.0938. The van der Waals surface area contributed by atoms with Gasteiger partial charge in [0.2, 0.25) is 5.91 Å². The Balaban J connectivity index is 1.46. The van der Waals surface area contributed by atoms with Gasteiger partial charge in [-0.2, -0.15) is 0 Å². The van der Waals surface area contributed by atoms with Crippen LogP contribution < -0.4 is 20.7 Å². The Hall–Kier alpha value is -4.82. The smallest absolute Gasteiger partial charge is 0.272 e. The second kappa shape index (κ2) is 13.8. The number of nitrogens with one attached hydrogen (secondary N) is 3. The number of rotatable bonds is 10. The van der Waals surface area contributed by atoms with Crippen molar-refractivity contribution in [3.8, 4) is 5.75 Å². The van der Waals surface area contributed by atoms with E-state index >= 15 is 0 Å². The maximum absolute atomic E-state index is 13.3. The van der Waals surface area contributed by atoms with Crippen molar-refractivity contribution in [1.29, 1.82) is 0 Å². The molecular weight excluding hydrogens is 522 g/mol. The van der Waals surface area contributed by atoms with Crippen molar-refractivity contribution in [1.82, 2.24) is 5.32 Å². The Morgan fingerprint density at radius 3 is 2.30 bits per heavy atom. The fourth-order valence-electron chi connectivity index (χ4n) is 3.69. The molecule has 4 aromatic carbocycles. The summed E-state index contributed by atoms with van der Waals surface area (Å²) in [7, 11) is 1.56. The van der Waals surface area contributed by atoms with Crippen LogP contribution in [0.15, 0.2) is 114 Å². The van der Waals surface area contributed by atoms with Crippen LogP contribution in [0.25, 0.3) is 6.08 Å². The van der Waals surface area contributed by atoms with Gasteiger partial charge in [-0.25, -0.2) is 0 Å². The largest absolute Gasteiger partial charge is 0.497 e. The van der Waals surface area contributed by atoms with E-state index in [1.165, 1.54) is 11.8 Å². The molecule has 0 heterocycles. The molecule has 3 amide bonds. The quantitative estimate of drug-likeness (QED) is 0.162. The van der Waals surface area contributed by atoms with E-state index in [1.54, 1.807) is 73.8 Å². The minimum absolute atomic E-state index is 0.0673. The van der Waals surface area contributed by atoms with Crippen LogP contribution in [0.5, 0.6) is 5.75 Å². The number of hydrogen-bond acceptors (Lipinski definition) is 5. The summed E-state index contributed by atoms with van der Waals surface area (Å²) in [5.41, 5.74) is 3.56. The van der Waals surface area contributed by atoms with Gasteiger partial charge in [0, 0.05) is 21.8 Å². The molecular formula is C32H29N3O4S. The summed E-state index contributed by atoms with van der Waals surface area (Å²) in [5, 5.41) is 8.46. The van der Waals surface area contributed by atoms with Gasteiger partial charge in [-0.3, -0.25) is 14.4 Å². The monoisotopic (exact) mass is 551 g/mol. The zero-order valence-electron chi connectivity index (χ0n) is 22.1. The third kappa shape index (κ3) is 8.34. The first-order valence-corrected chi connectivity index (χ1v) is 13.5. The molecule has 0 radical (unpaired) electrons. The summed E-state index contributed by atoms with van der Waals surface area (Å²) in [4.78, 5) is 39.4. The molecule has 0 saturated heterocycles. The molecule has 4 rings (SSSR count). The third-order valence-electron chi connectivity index (χ3n) is 5.73. The van der Waals surface area contributed by atoms with Gasteiger partial charge in [-0.1, -0.05) is 54.1 Å². The molecule has 3 N–H and O–H groups in total. The van der Waals surface area contributed by atoms with Crippen LogP contribution >= 0.6 is 11.8 Å². The van der Waals surface area contributed by atoms with E-state index in [0.29, 0.717) is 22.6 Å². The second-order valence-corrected chi connectivity index (χ2v) is 9.89. The number of thioether (sulfide) groups is 1. The fourth-order valence-corrected chi connectivity index (χ4v) is 4.44. The number of aryl methyl sites for hydroxylation is 1. The van der Waals surface area contributed by atoms with Crippen LogP contribution in [0.1, 0.15) is 21.5 Å². The van der Waals surface area contributed by atoms with E-state index in [4.69, 9.17) is 4.74 Å². The number of hydrogen-bond donors (Lipinski definition) is 3. The van der Waals surface area contributed by atoms with E-state index in [1.807, 2.05) is 49.4 Å². The van der Waals surface area contributed by atoms with Gasteiger partial charge in [0.25, 0.3) is 11.8 Å². The van der Waals surface area contributed by atoms with Crippen LogP contribution in [0.3, 0.4) is 0 Å². The molecule has 8 heteroatoms. The summed E-state index contributed by atoms with van der Waals surface area (Å²) in [6.07, 6.45) is 1.59. The number of amides is 3. The molecule has 7 nitrogen and oxygen atoms in total. The van der Waals surface area contributed by atoms with Gasteiger partial charge in [-0.05, 0) is 73.2 Å². The van der Waals surface area contributed by atoms with Crippen molar-refractivity contribution >= 4 is 46.9 Å². The minimum Gasteiger partial charge on any atom is -0.497 e. The number of carbonyl (C=O) groups is 3. The predicted molar refractivity (Wildman–Crippen MR) is 160 cm³/mol.